The van der Waals surface area contributed by atoms with E-state index in [1.54, 1.807) is 0 Å². The average molecular weight is 308 g/mol. The summed E-state index contributed by atoms with van der Waals surface area (Å²) in [6, 6.07) is 2.16. The van der Waals surface area contributed by atoms with Crippen molar-refractivity contribution in [2.24, 2.45) is 17.8 Å². The fourth-order valence-electron chi connectivity index (χ4n) is 2.50. The van der Waals surface area contributed by atoms with Crippen LogP contribution in [0, 0.1) is 29.1 Å². The summed E-state index contributed by atoms with van der Waals surface area (Å²) in [5.41, 5.74) is 0. The van der Waals surface area contributed by atoms with E-state index < -0.39 is 0 Å². The lowest BCUT2D eigenvalue weighted by molar-refractivity contribution is -0.123. The van der Waals surface area contributed by atoms with Gasteiger partial charge >= 0.3 is 6.03 Å². The van der Waals surface area contributed by atoms with Gasteiger partial charge in [0.25, 0.3) is 0 Å². The molecular weight excluding hydrogens is 280 g/mol. The third-order valence-corrected chi connectivity index (χ3v) is 4.04. The second-order valence-corrected chi connectivity index (χ2v) is 6.28. The Bertz CT molecular complexity index is 395. The zero-order valence-electron chi connectivity index (χ0n) is 13.7. The van der Waals surface area contributed by atoms with E-state index in [-0.39, 0.29) is 23.8 Å². The van der Waals surface area contributed by atoms with E-state index in [1.807, 2.05) is 13.8 Å². The standard InChI is InChI=1S/C16H28N4O2/c1-12(2)15(21)18-8-3-9-19-16(22)20-11-14-6-4-13(10-17)5-7-14/h12-14H,3-9,11H2,1-2H3,(H,18,21)(H2,19,20,22). The van der Waals surface area contributed by atoms with E-state index in [0.29, 0.717) is 25.6 Å². The number of amides is 3. The SMILES string of the molecule is CC(C)C(=O)NCCCNC(=O)NCC1CCC(C#N)CC1. The van der Waals surface area contributed by atoms with Gasteiger partial charge in [0.05, 0.1) is 6.07 Å². The molecule has 0 spiro atoms. The number of nitrogens with zero attached hydrogens (tertiary/aromatic N) is 1. The maximum atomic E-state index is 11.6. The molecule has 0 heterocycles. The van der Waals surface area contributed by atoms with Crippen molar-refractivity contribution in [2.45, 2.75) is 46.0 Å². The molecule has 0 saturated heterocycles. The van der Waals surface area contributed by atoms with Crippen LogP contribution in [0.25, 0.3) is 0 Å². The summed E-state index contributed by atoms with van der Waals surface area (Å²) in [6.07, 6.45) is 4.64. The highest BCUT2D eigenvalue weighted by Gasteiger charge is 2.20. The molecule has 1 saturated carbocycles. The summed E-state index contributed by atoms with van der Waals surface area (Å²) in [6.45, 7) is 5.51. The van der Waals surface area contributed by atoms with Crippen LogP contribution in [0.1, 0.15) is 46.0 Å². The molecule has 22 heavy (non-hydrogen) atoms. The van der Waals surface area contributed by atoms with E-state index in [2.05, 4.69) is 22.0 Å². The molecule has 0 atom stereocenters. The Kier molecular flexibility index (Phi) is 8.34. The molecule has 3 N–H and O–H groups in total. The molecule has 124 valence electrons. The van der Waals surface area contributed by atoms with Crippen molar-refractivity contribution in [3.63, 3.8) is 0 Å². The molecule has 1 aliphatic carbocycles. The lowest BCUT2D eigenvalue weighted by Gasteiger charge is -2.24. The predicted octanol–water partition coefficient (Wildman–Crippen LogP) is 1.78. The maximum absolute atomic E-state index is 11.6. The quantitative estimate of drug-likeness (QED) is 0.626. The largest absolute Gasteiger partial charge is 0.356 e. The van der Waals surface area contributed by atoms with Gasteiger partial charge in [-0.25, -0.2) is 4.79 Å². The molecule has 0 aliphatic heterocycles. The minimum Gasteiger partial charge on any atom is -0.356 e. The molecule has 6 heteroatoms. The fourth-order valence-corrected chi connectivity index (χ4v) is 2.50. The topological polar surface area (TPSA) is 94.0 Å². The van der Waals surface area contributed by atoms with Gasteiger partial charge in [-0.05, 0) is 38.0 Å². The smallest absolute Gasteiger partial charge is 0.314 e. The number of hydrogen-bond acceptors (Lipinski definition) is 3. The van der Waals surface area contributed by atoms with E-state index in [0.717, 1.165) is 32.1 Å². The van der Waals surface area contributed by atoms with Gasteiger partial charge in [-0.3, -0.25) is 4.79 Å². The van der Waals surface area contributed by atoms with Gasteiger partial charge in [-0.2, -0.15) is 5.26 Å². The maximum Gasteiger partial charge on any atom is 0.314 e. The van der Waals surface area contributed by atoms with Crippen LogP contribution in [-0.4, -0.2) is 31.6 Å². The zero-order valence-corrected chi connectivity index (χ0v) is 13.7. The monoisotopic (exact) mass is 308 g/mol. The van der Waals surface area contributed by atoms with Crippen LogP contribution >= 0.6 is 0 Å². The van der Waals surface area contributed by atoms with Gasteiger partial charge in [0.15, 0.2) is 0 Å². The van der Waals surface area contributed by atoms with Gasteiger partial charge in [0.2, 0.25) is 5.91 Å². The number of urea groups is 1. The van der Waals surface area contributed by atoms with Crippen LogP contribution in [0.3, 0.4) is 0 Å². The van der Waals surface area contributed by atoms with Crippen LogP contribution < -0.4 is 16.0 Å². The molecule has 0 aromatic heterocycles. The first-order valence-corrected chi connectivity index (χ1v) is 8.22. The van der Waals surface area contributed by atoms with Crippen molar-refractivity contribution in [3.05, 3.63) is 0 Å². The van der Waals surface area contributed by atoms with Crippen LogP contribution in [0.4, 0.5) is 4.79 Å². The fraction of sp³-hybridized carbons (Fsp3) is 0.812. The van der Waals surface area contributed by atoms with Gasteiger partial charge in [-0.1, -0.05) is 13.8 Å². The molecule has 0 bridgehead atoms. The summed E-state index contributed by atoms with van der Waals surface area (Å²) < 4.78 is 0. The van der Waals surface area contributed by atoms with Crippen molar-refractivity contribution >= 4 is 11.9 Å². The Balaban J connectivity index is 2.00. The summed E-state index contributed by atoms with van der Waals surface area (Å²) in [5, 5.41) is 17.3. The summed E-state index contributed by atoms with van der Waals surface area (Å²) in [7, 11) is 0. The molecular formula is C16H28N4O2. The summed E-state index contributed by atoms with van der Waals surface area (Å²) in [4.78, 5) is 23.0. The Morgan fingerprint density at radius 3 is 2.32 bits per heavy atom. The molecule has 0 aromatic rings. The van der Waals surface area contributed by atoms with Crippen molar-refractivity contribution < 1.29 is 9.59 Å². The van der Waals surface area contributed by atoms with Gasteiger partial charge < -0.3 is 16.0 Å². The Labute approximate surface area is 133 Å². The lowest BCUT2D eigenvalue weighted by Crippen LogP contribution is -2.40. The van der Waals surface area contributed by atoms with Crippen LogP contribution in [0.15, 0.2) is 0 Å². The molecule has 1 rings (SSSR count). The highest BCUT2D eigenvalue weighted by Crippen LogP contribution is 2.27. The molecule has 1 aliphatic rings. The van der Waals surface area contributed by atoms with E-state index in [4.69, 9.17) is 5.26 Å². The minimum absolute atomic E-state index is 0.00705. The third-order valence-electron chi connectivity index (χ3n) is 4.04. The van der Waals surface area contributed by atoms with E-state index >= 15 is 0 Å². The van der Waals surface area contributed by atoms with Gasteiger partial charge in [0.1, 0.15) is 0 Å². The zero-order chi connectivity index (χ0) is 16.4. The van der Waals surface area contributed by atoms with Crippen molar-refractivity contribution in [2.75, 3.05) is 19.6 Å². The molecule has 0 aromatic carbocycles. The number of hydrogen-bond donors (Lipinski definition) is 3. The number of rotatable bonds is 7. The molecule has 0 unspecified atom stereocenters. The van der Waals surface area contributed by atoms with Crippen molar-refractivity contribution in [3.8, 4) is 6.07 Å². The van der Waals surface area contributed by atoms with Crippen LogP contribution in [0.2, 0.25) is 0 Å². The normalized spacial score (nSPS) is 21.0. The summed E-state index contributed by atoms with van der Waals surface area (Å²) in [5.74, 6) is 0.719. The highest BCUT2D eigenvalue weighted by molar-refractivity contribution is 5.77. The number of nitrogens with one attached hydrogen (secondary N) is 3. The van der Waals surface area contributed by atoms with Crippen molar-refractivity contribution in [1.29, 1.82) is 5.26 Å². The van der Waals surface area contributed by atoms with E-state index in [1.165, 1.54) is 0 Å². The molecule has 3 amide bonds. The average Bonchev–Trinajstić information content (AvgIpc) is 2.52. The number of nitriles is 1. The molecule has 6 nitrogen and oxygen atoms in total. The van der Waals surface area contributed by atoms with Crippen molar-refractivity contribution in [1.82, 2.24) is 16.0 Å². The van der Waals surface area contributed by atoms with Crippen LogP contribution in [0.5, 0.6) is 0 Å². The summed E-state index contributed by atoms with van der Waals surface area (Å²) >= 11 is 0. The Hall–Kier alpha value is -1.77. The van der Waals surface area contributed by atoms with E-state index in [9.17, 15) is 9.59 Å². The lowest BCUT2D eigenvalue weighted by atomic mass is 9.83. The second kappa shape index (κ2) is 10.0. The number of carbonyl (C=O) groups excluding carboxylic acids is 2. The van der Waals surface area contributed by atoms with Gasteiger partial charge in [-0.15, -0.1) is 0 Å². The third kappa shape index (κ3) is 7.30. The number of carbonyl (C=O) groups is 2. The first-order valence-electron chi connectivity index (χ1n) is 8.22. The minimum atomic E-state index is -0.155. The predicted molar refractivity (Wildman–Crippen MR) is 84.9 cm³/mol. The second-order valence-electron chi connectivity index (χ2n) is 6.28. The Morgan fingerprint density at radius 1 is 1.09 bits per heavy atom. The first-order chi connectivity index (χ1) is 10.5. The van der Waals surface area contributed by atoms with Gasteiger partial charge in [0, 0.05) is 31.5 Å². The first kappa shape index (κ1) is 18.3. The molecule has 0 radical (unpaired) electrons. The molecule has 1 fully saturated rings. The van der Waals surface area contributed by atoms with Crippen LogP contribution in [-0.2, 0) is 4.79 Å². The highest BCUT2D eigenvalue weighted by atomic mass is 16.2. The Morgan fingerprint density at radius 2 is 1.73 bits per heavy atom.